The van der Waals surface area contributed by atoms with Crippen LogP contribution in [-0.4, -0.2) is 32.0 Å². The van der Waals surface area contributed by atoms with E-state index in [2.05, 4.69) is 33.9 Å². The van der Waals surface area contributed by atoms with Crippen LogP contribution in [-0.2, 0) is 23.1 Å². The van der Waals surface area contributed by atoms with Crippen molar-refractivity contribution in [3.05, 3.63) is 102 Å². The lowest BCUT2D eigenvalue weighted by Gasteiger charge is -2.25. The van der Waals surface area contributed by atoms with Crippen molar-refractivity contribution < 1.29 is 13.5 Å². The fourth-order valence-corrected chi connectivity index (χ4v) is 3.94. The van der Waals surface area contributed by atoms with E-state index in [0.29, 0.717) is 25.2 Å². The Labute approximate surface area is 172 Å². The zero-order valence-corrected chi connectivity index (χ0v) is 17.2. The molecule has 152 valence electrons. The van der Waals surface area contributed by atoms with Crippen LogP contribution in [0.25, 0.3) is 0 Å². The Morgan fingerprint density at radius 2 is 1.31 bits per heavy atom. The fraction of sp³-hybridized carbons (Fsp3) is 0.217. The highest BCUT2D eigenvalue weighted by atomic mass is 32.2. The smallest absolute Gasteiger partial charge is 0.240 e. The molecule has 3 aromatic carbocycles. The third kappa shape index (κ3) is 5.98. The molecule has 29 heavy (non-hydrogen) atoms. The Kier molecular flexibility index (Phi) is 7.17. The van der Waals surface area contributed by atoms with Gasteiger partial charge in [-0.2, -0.15) is 0 Å². The quantitative estimate of drug-likeness (QED) is 0.568. The summed E-state index contributed by atoms with van der Waals surface area (Å²) in [4.78, 5) is 2.37. The molecule has 0 heterocycles. The Morgan fingerprint density at radius 3 is 1.76 bits per heavy atom. The first-order valence-electron chi connectivity index (χ1n) is 9.50. The van der Waals surface area contributed by atoms with Crippen LogP contribution in [0, 0.1) is 0 Å². The summed E-state index contributed by atoms with van der Waals surface area (Å²) in [5, 5.41) is 10.8. The van der Waals surface area contributed by atoms with E-state index in [0.717, 1.165) is 0 Å². The molecule has 5 nitrogen and oxygen atoms in total. The van der Waals surface area contributed by atoms with Crippen LogP contribution >= 0.6 is 0 Å². The van der Waals surface area contributed by atoms with E-state index >= 15 is 0 Å². The monoisotopic (exact) mass is 410 g/mol. The highest BCUT2D eigenvalue weighted by Crippen LogP contribution is 2.20. The fourth-order valence-electron chi connectivity index (χ4n) is 3.21. The molecule has 0 radical (unpaired) electrons. The van der Waals surface area contributed by atoms with Crippen LogP contribution in [0.4, 0.5) is 0 Å². The average molecular weight is 411 g/mol. The van der Waals surface area contributed by atoms with Crippen molar-refractivity contribution in [3.63, 3.8) is 0 Å². The number of sulfonamides is 1. The van der Waals surface area contributed by atoms with Gasteiger partial charge in [-0.15, -0.1) is 0 Å². The van der Waals surface area contributed by atoms with Gasteiger partial charge in [-0.1, -0.05) is 72.8 Å². The zero-order valence-electron chi connectivity index (χ0n) is 16.4. The van der Waals surface area contributed by atoms with E-state index in [1.807, 2.05) is 36.4 Å². The SMILES string of the molecule is CNS(=O)(=O)c1ccc(C(O)CN(Cc2ccccc2)Cc2ccccc2)cc1. The van der Waals surface area contributed by atoms with Crippen molar-refractivity contribution in [2.75, 3.05) is 13.6 Å². The average Bonchev–Trinajstić information content (AvgIpc) is 2.75. The molecule has 0 saturated heterocycles. The topological polar surface area (TPSA) is 69.6 Å². The first-order valence-corrected chi connectivity index (χ1v) is 11.0. The van der Waals surface area contributed by atoms with Gasteiger partial charge in [0.15, 0.2) is 0 Å². The Morgan fingerprint density at radius 1 is 0.828 bits per heavy atom. The zero-order chi connectivity index (χ0) is 20.7. The minimum Gasteiger partial charge on any atom is -0.387 e. The Balaban J connectivity index is 1.75. The van der Waals surface area contributed by atoms with Gasteiger partial charge in [-0.3, -0.25) is 4.90 Å². The van der Waals surface area contributed by atoms with Crippen LogP contribution in [0.2, 0.25) is 0 Å². The van der Waals surface area contributed by atoms with Crippen LogP contribution < -0.4 is 4.72 Å². The third-order valence-corrected chi connectivity index (χ3v) is 6.20. The predicted molar refractivity (Wildman–Crippen MR) is 115 cm³/mol. The number of benzene rings is 3. The second-order valence-electron chi connectivity index (χ2n) is 6.93. The van der Waals surface area contributed by atoms with Crippen molar-refractivity contribution in [1.29, 1.82) is 0 Å². The summed E-state index contributed by atoms with van der Waals surface area (Å²) in [6, 6.07) is 26.7. The second kappa shape index (κ2) is 9.80. The maximum atomic E-state index is 11.9. The summed E-state index contributed by atoms with van der Waals surface area (Å²) in [5.41, 5.74) is 3.03. The molecule has 0 bridgehead atoms. The van der Waals surface area contributed by atoms with Crippen LogP contribution in [0.3, 0.4) is 0 Å². The molecule has 0 saturated carbocycles. The summed E-state index contributed by atoms with van der Waals surface area (Å²) in [6.07, 6.45) is -0.728. The maximum absolute atomic E-state index is 11.9. The van der Waals surface area contributed by atoms with Gasteiger partial charge in [-0.25, -0.2) is 13.1 Å². The molecule has 0 aliphatic rings. The molecule has 0 fully saturated rings. The molecule has 0 aromatic heterocycles. The van der Waals surface area contributed by atoms with Gasteiger partial charge in [0.1, 0.15) is 0 Å². The van der Waals surface area contributed by atoms with Crippen molar-refractivity contribution in [1.82, 2.24) is 9.62 Å². The van der Waals surface area contributed by atoms with Gasteiger partial charge in [0.05, 0.1) is 11.0 Å². The number of hydrogen-bond donors (Lipinski definition) is 2. The van der Waals surface area contributed by atoms with Crippen LogP contribution in [0.15, 0.2) is 89.8 Å². The molecule has 1 atom stereocenters. The van der Waals surface area contributed by atoms with Gasteiger partial charge in [0.25, 0.3) is 0 Å². The van der Waals surface area contributed by atoms with Crippen molar-refractivity contribution in [2.24, 2.45) is 0 Å². The Bertz CT molecular complexity index is 950. The van der Waals surface area contributed by atoms with Gasteiger partial charge >= 0.3 is 0 Å². The summed E-state index contributed by atoms with van der Waals surface area (Å²) in [6.45, 7) is 1.85. The maximum Gasteiger partial charge on any atom is 0.240 e. The van der Waals surface area contributed by atoms with Crippen molar-refractivity contribution >= 4 is 10.0 Å². The van der Waals surface area contributed by atoms with Gasteiger partial charge in [-0.05, 0) is 35.9 Å². The number of nitrogens with zero attached hydrogens (tertiary/aromatic N) is 1. The van der Waals surface area contributed by atoms with Gasteiger partial charge in [0.2, 0.25) is 10.0 Å². The molecule has 0 aliphatic carbocycles. The highest BCUT2D eigenvalue weighted by molar-refractivity contribution is 7.89. The van der Waals surface area contributed by atoms with Crippen LogP contribution in [0.5, 0.6) is 0 Å². The molecule has 0 amide bonds. The number of aliphatic hydroxyl groups excluding tert-OH is 1. The summed E-state index contributed by atoms with van der Waals surface area (Å²) >= 11 is 0. The van der Waals surface area contributed by atoms with Gasteiger partial charge in [0, 0.05) is 19.6 Å². The third-order valence-electron chi connectivity index (χ3n) is 4.77. The van der Waals surface area contributed by atoms with E-state index in [1.54, 1.807) is 12.1 Å². The second-order valence-corrected chi connectivity index (χ2v) is 8.82. The molecule has 2 N–H and O–H groups in total. The molecule has 0 spiro atoms. The largest absolute Gasteiger partial charge is 0.387 e. The lowest BCUT2D eigenvalue weighted by molar-refractivity contribution is 0.105. The summed E-state index contributed by atoms with van der Waals surface area (Å²) in [5.74, 6) is 0. The van der Waals surface area contributed by atoms with E-state index in [1.165, 1.54) is 30.3 Å². The predicted octanol–water partition coefficient (Wildman–Crippen LogP) is 3.33. The number of nitrogens with one attached hydrogen (secondary N) is 1. The molecular weight excluding hydrogens is 384 g/mol. The number of hydrogen-bond acceptors (Lipinski definition) is 4. The van der Waals surface area contributed by atoms with Crippen molar-refractivity contribution in [2.45, 2.75) is 24.1 Å². The molecule has 0 aliphatic heterocycles. The van der Waals surface area contributed by atoms with E-state index in [-0.39, 0.29) is 4.90 Å². The van der Waals surface area contributed by atoms with E-state index < -0.39 is 16.1 Å². The minimum atomic E-state index is -3.49. The first-order chi connectivity index (χ1) is 14.0. The summed E-state index contributed by atoms with van der Waals surface area (Å²) in [7, 11) is -2.11. The molecule has 1 unspecified atom stereocenters. The van der Waals surface area contributed by atoms with Crippen molar-refractivity contribution in [3.8, 4) is 0 Å². The molecule has 3 aromatic rings. The minimum absolute atomic E-state index is 0.182. The molecule has 3 rings (SSSR count). The summed E-state index contributed by atoms with van der Waals surface area (Å²) < 4.78 is 26.1. The van der Waals surface area contributed by atoms with Crippen LogP contribution in [0.1, 0.15) is 22.8 Å². The van der Waals surface area contributed by atoms with Gasteiger partial charge < -0.3 is 5.11 Å². The first kappa shape index (κ1) is 21.2. The van der Waals surface area contributed by atoms with E-state index in [9.17, 15) is 13.5 Å². The number of aliphatic hydroxyl groups is 1. The lowest BCUT2D eigenvalue weighted by atomic mass is 10.1. The van der Waals surface area contributed by atoms with E-state index in [4.69, 9.17) is 0 Å². The highest BCUT2D eigenvalue weighted by Gasteiger charge is 2.17. The normalized spacial score (nSPS) is 12.8. The number of rotatable bonds is 9. The molecular formula is C23H26N2O3S. The Hall–Kier alpha value is -2.51. The standard InChI is InChI=1S/C23H26N2O3S/c1-24-29(27,28)22-14-12-21(13-15-22)23(26)18-25(16-19-8-4-2-5-9-19)17-20-10-6-3-7-11-20/h2-15,23-24,26H,16-18H2,1H3. The lowest BCUT2D eigenvalue weighted by Crippen LogP contribution is -2.28. The molecule has 6 heteroatoms.